The summed E-state index contributed by atoms with van der Waals surface area (Å²) in [5.41, 5.74) is 9.94. The van der Waals surface area contributed by atoms with Crippen molar-refractivity contribution in [2.45, 2.75) is 18.9 Å². The molecule has 0 aromatic rings. The minimum Gasteiger partial charge on any atom is -0.370 e. The standard InChI is InChI=1S/C6H13N5O3S/c7-5(12)4(11-15(13)14)2-1-3-10-6(8)9/h4H,1-3H2,(H2,7,12)(H4,8,9,10). The molecule has 0 aliphatic carbocycles. The highest BCUT2D eigenvalue weighted by atomic mass is 32.2. The van der Waals surface area contributed by atoms with Crippen LogP contribution in [0.25, 0.3) is 0 Å². The SMILES string of the molecule is N=C(N)NCCCC(N=S(=O)=O)C(N)=O. The van der Waals surface area contributed by atoms with E-state index in [4.69, 9.17) is 16.9 Å². The summed E-state index contributed by atoms with van der Waals surface area (Å²) >= 11 is 0. The lowest BCUT2D eigenvalue weighted by molar-refractivity contribution is -0.119. The van der Waals surface area contributed by atoms with Crippen molar-refractivity contribution in [3.63, 3.8) is 0 Å². The molecule has 0 aromatic carbocycles. The van der Waals surface area contributed by atoms with Crippen LogP contribution in [0.3, 0.4) is 0 Å². The molecule has 1 unspecified atom stereocenters. The van der Waals surface area contributed by atoms with E-state index in [1.165, 1.54) is 0 Å². The molecule has 8 nitrogen and oxygen atoms in total. The minimum atomic E-state index is -2.64. The van der Waals surface area contributed by atoms with Crippen LogP contribution in [0.5, 0.6) is 0 Å². The Kier molecular flexibility index (Phi) is 6.02. The Bertz CT molecular complexity index is 355. The molecule has 0 fully saturated rings. The predicted molar refractivity (Wildman–Crippen MR) is 53.5 cm³/mol. The van der Waals surface area contributed by atoms with Gasteiger partial charge in [-0.25, -0.2) is 0 Å². The maximum absolute atomic E-state index is 10.7. The Labute approximate surface area is 88.2 Å². The number of rotatable bonds is 6. The van der Waals surface area contributed by atoms with Crippen molar-refractivity contribution in [3.05, 3.63) is 0 Å². The Morgan fingerprint density at radius 1 is 1.47 bits per heavy atom. The Morgan fingerprint density at radius 2 is 2.07 bits per heavy atom. The number of guanidine groups is 1. The van der Waals surface area contributed by atoms with Gasteiger partial charge in [-0.15, -0.1) is 0 Å². The first-order chi connectivity index (χ1) is 6.93. The van der Waals surface area contributed by atoms with Crippen LogP contribution in [-0.2, 0) is 15.3 Å². The van der Waals surface area contributed by atoms with Crippen LogP contribution in [0.2, 0.25) is 0 Å². The summed E-state index contributed by atoms with van der Waals surface area (Å²) in [5, 5.41) is 9.34. The van der Waals surface area contributed by atoms with Gasteiger partial charge in [-0.3, -0.25) is 10.2 Å². The van der Waals surface area contributed by atoms with E-state index >= 15 is 0 Å². The number of carbonyl (C=O) groups is 1. The normalized spacial score (nSPS) is 11.5. The van der Waals surface area contributed by atoms with E-state index in [2.05, 4.69) is 9.68 Å². The first-order valence-corrected chi connectivity index (χ1v) is 5.14. The van der Waals surface area contributed by atoms with E-state index < -0.39 is 22.4 Å². The molecule has 15 heavy (non-hydrogen) atoms. The fourth-order valence-electron chi connectivity index (χ4n) is 0.869. The van der Waals surface area contributed by atoms with Gasteiger partial charge in [0, 0.05) is 6.54 Å². The zero-order valence-corrected chi connectivity index (χ0v) is 8.75. The van der Waals surface area contributed by atoms with Gasteiger partial charge in [-0.1, -0.05) is 0 Å². The van der Waals surface area contributed by atoms with E-state index in [0.29, 0.717) is 13.0 Å². The summed E-state index contributed by atoms with van der Waals surface area (Å²) < 4.78 is 23.5. The number of amides is 1. The van der Waals surface area contributed by atoms with Gasteiger partial charge in [0.05, 0.1) is 0 Å². The molecule has 0 saturated carbocycles. The second-order valence-electron chi connectivity index (χ2n) is 2.72. The topological polar surface area (TPSA) is 151 Å². The van der Waals surface area contributed by atoms with Crippen molar-refractivity contribution in [2.24, 2.45) is 15.8 Å². The Balaban J connectivity index is 4.04. The van der Waals surface area contributed by atoms with Gasteiger partial charge < -0.3 is 16.8 Å². The molecule has 1 amide bonds. The molecule has 0 radical (unpaired) electrons. The van der Waals surface area contributed by atoms with E-state index in [1.54, 1.807) is 0 Å². The Hall–Kier alpha value is -1.64. The highest BCUT2D eigenvalue weighted by Crippen LogP contribution is 2.00. The van der Waals surface area contributed by atoms with Crippen molar-refractivity contribution >= 4 is 22.4 Å². The average Bonchev–Trinajstić information content (AvgIpc) is 2.08. The van der Waals surface area contributed by atoms with Crippen LogP contribution in [0.4, 0.5) is 0 Å². The molecule has 0 heterocycles. The molecule has 0 aliphatic rings. The molecular weight excluding hydrogens is 222 g/mol. The van der Waals surface area contributed by atoms with Crippen LogP contribution in [0.15, 0.2) is 4.36 Å². The molecule has 0 aliphatic heterocycles. The fourth-order valence-corrected chi connectivity index (χ4v) is 1.29. The molecule has 6 N–H and O–H groups in total. The molecule has 0 spiro atoms. The van der Waals surface area contributed by atoms with Crippen LogP contribution < -0.4 is 16.8 Å². The van der Waals surface area contributed by atoms with Crippen molar-refractivity contribution in [1.82, 2.24) is 5.32 Å². The lowest BCUT2D eigenvalue weighted by atomic mass is 10.1. The van der Waals surface area contributed by atoms with Gasteiger partial charge >= 0.3 is 10.5 Å². The van der Waals surface area contributed by atoms with Crippen LogP contribution in [0, 0.1) is 5.41 Å². The lowest BCUT2D eigenvalue weighted by Gasteiger charge is -2.06. The summed E-state index contributed by atoms with van der Waals surface area (Å²) in [4.78, 5) is 10.7. The molecule has 0 saturated heterocycles. The molecule has 0 rings (SSSR count). The van der Waals surface area contributed by atoms with Gasteiger partial charge in [-0.05, 0) is 12.8 Å². The summed E-state index contributed by atoms with van der Waals surface area (Å²) in [6.07, 6.45) is 0.636. The van der Waals surface area contributed by atoms with Gasteiger partial charge in [0.2, 0.25) is 5.91 Å². The summed E-state index contributed by atoms with van der Waals surface area (Å²) in [6.45, 7) is 0.361. The number of hydrogen-bond acceptors (Lipinski definition) is 5. The molecule has 1 atom stereocenters. The van der Waals surface area contributed by atoms with Gasteiger partial charge in [-0.2, -0.15) is 12.8 Å². The Morgan fingerprint density at radius 3 is 2.47 bits per heavy atom. The zero-order chi connectivity index (χ0) is 11.8. The quantitative estimate of drug-likeness (QED) is 0.242. The molecule has 0 bridgehead atoms. The largest absolute Gasteiger partial charge is 0.370 e. The van der Waals surface area contributed by atoms with Gasteiger partial charge in [0.25, 0.3) is 0 Å². The molecular formula is C6H13N5O3S. The van der Waals surface area contributed by atoms with Crippen molar-refractivity contribution in [3.8, 4) is 0 Å². The minimum absolute atomic E-state index is 0.185. The van der Waals surface area contributed by atoms with Crippen molar-refractivity contribution < 1.29 is 13.2 Å². The van der Waals surface area contributed by atoms with Crippen molar-refractivity contribution in [1.29, 1.82) is 5.41 Å². The van der Waals surface area contributed by atoms with Crippen molar-refractivity contribution in [2.75, 3.05) is 6.54 Å². The number of primary amides is 1. The van der Waals surface area contributed by atoms with Crippen LogP contribution in [0.1, 0.15) is 12.8 Å². The predicted octanol–water partition coefficient (Wildman–Crippen LogP) is -1.83. The zero-order valence-electron chi connectivity index (χ0n) is 7.93. The van der Waals surface area contributed by atoms with E-state index in [1.807, 2.05) is 0 Å². The van der Waals surface area contributed by atoms with E-state index in [0.717, 1.165) is 0 Å². The number of nitrogens with one attached hydrogen (secondary N) is 2. The summed E-state index contributed by atoms with van der Waals surface area (Å²) in [6, 6.07) is -1.04. The van der Waals surface area contributed by atoms with Gasteiger partial charge in [0.1, 0.15) is 6.04 Å². The highest BCUT2D eigenvalue weighted by molar-refractivity contribution is 7.61. The first-order valence-electron chi connectivity index (χ1n) is 4.11. The van der Waals surface area contributed by atoms with Crippen LogP contribution in [-0.4, -0.2) is 32.9 Å². The second-order valence-corrected chi connectivity index (χ2v) is 3.37. The van der Waals surface area contributed by atoms with E-state index in [-0.39, 0.29) is 12.4 Å². The first kappa shape index (κ1) is 13.4. The second kappa shape index (κ2) is 6.76. The third-order valence-electron chi connectivity index (χ3n) is 1.51. The van der Waals surface area contributed by atoms with Crippen LogP contribution >= 0.6 is 0 Å². The summed E-state index contributed by atoms with van der Waals surface area (Å²) in [5.74, 6) is -0.975. The highest BCUT2D eigenvalue weighted by Gasteiger charge is 2.13. The maximum atomic E-state index is 10.7. The monoisotopic (exact) mass is 235 g/mol. The molecule has 0 aromatic heterocycles. The smallest absolute Gasteiger partial charge is 0.311 e. The number of carbonyl (C=O) groups excluding carboxylic acids is 1. The molecule has 9 heteroatoms. The number of hydrogen-bond donors (Lipinski definition) is 4. The van der Waals surface area contributed by atoms with Gasteiger partial charge in [0.15, 0.2) is 5.96 Å². The van der Waals surface area contributed by atoms with E-state index in [9.17, 15) is 13.2 Å². The molecule has 86 valence electrons. The third kappa shape index (κ3) is 7.43. The fraction of sp³-hybridized carbons (Fsp3) is 0.667. The maximum Gasteiger partial charge on any atom is 0.311 e. The number of nitrogens with zero attached hydrogens (tertiary/aromatic N) is 1. The lowest BCUT2D eigenvalue weighted by Crippen LogP contribution is -2.32. The number of nitrogens with two attached hydrogens (primary N) is 2. The third-order valence-corrected chi connectivity index (χ3v) is 1.94. The average molecular weight is 235 g/mol. The summed E-state index contributed by atoms with van der Waals surface area (Å²) in [7, 11) is -2.64.